The van der Waals surface area contributed by atoms with Gasteiger partial charge in [0, 0.05) is 48.5 Å². The van der Waals surface area contributed by atoms with Crippen LogP contribution in [0.2, 0.25) is 10.0 Å². The van der Waals surface area contributed by atoms with Crippen molar-refractivity contribution in [2.75, 3.05) is 31.1 Å². The molecular formula is C22H20Cl2FN7O. The second kappa shape index (κ2) is 9.09. The molecular weight excluding hydrogens is 468 g/mol. The average Bonchev–Trinajstić information content (AvgIpc) is 3.24. The molecule has 1 atom stereocenters. The van der Waals surface area contributed by atoms with Crippen LogP contribution in [-0.2, 0) is 0 Å². The average molecular weight is 488 g/mol. The summed E-state index contributed by atoms with van der Waals surface area (Å²) in [5.74, 6) is 0.261. The fraction of sp³-hybridized carbons (Fsp3) is 0.273. The molecule has 0 saturated carbocycles. The van der Waals surface area contributed by atoms with Crippen LogP contribution in [0.4, 0.5) is 10.2 Å². The summed E-state index contributed by atoms with van der Waals surface area (Å²) in [5.41, 5.74) is 2.94. The SMILES string of the molecule is CC(On1cnc2ncc(-c3cncc(N4CCNCC4)n3)cc21)c1c(Cl)ccc(F)c1Cl. The molecule has 1 unspecified atom stereocenters. The Labute approximate surface area is 199 Å². The molecule has 1 fully saturated rings. The van der Waals surface area contributed by atoms with E-state index < -0.39 is 11.9 Å². The fourth-order valence-corrected chi connectivity index (χ4v) is 4.46. The lowest BCUT2D eigenvalue weighted by Gasteiger charge is -2.28. The van der Waals surface area contributed by atoms with Crippen molar-refractivity contribution in [2.45, 2.75) is 13.0 Å². The Morgan fingerprint density at radius 1 is 1.12 bits per heavy atom. The Morgan fingerprint density at radius 2 is 1.94 bits per heavy atom. The van der Waals surface area contributed by atoms with E-state index in [9.17, 15) is 4.39 Å². The zero-order valence-electron chi connectivity index (χ0n) is 17.7. The van der Waals surface area contributed by atoms with E-state index in [0.29, 0.717) is 27.4 Å². The van der Waals surface area contributed by atoms with E-state index in [1.165, 1.54) is 23.2 Å². The van der Waals surface area contributed by atoms with E-state index in [-0.39, 0.29) is 5.02 Å². The predicted molar refractivity (Wildman–Crippen MR) is 125 cm³/mol. The molecule has 1 aromatic carbocycles. The van der Waals surface area contributed by atoms with Crippen LogP contribution in [0.25, 0.3) is 22.4 Å². The van der Waals surface area contributed by atoms with Crippen molar-refractivity contribution in [3.8, 4) is 11.3 Å². The van der Waals surface area contributed by atoms with Gasteiger partial charge in [-0.15, -0.1) is 0 Å². The van der Waals surface area contributed by atoms with Gasteiger partial charge in [0.2, 0.25) is 0 Å². The van der Waals surface area contributed by atoms with Crippen LogP contribution in [0.1, 0.15) is 18.6 Å². The molecule has 33 heavy (non-hydrogen) atoms. The summed E-state index contributed by atoms with van der Waals surface area (Å²) in [7, 11) is 0. The summed E-state index contributed by atoms with van der Waals surface area (Å²) in [6, 6.07) is 4.55. The topological polar surface area (TPSA) is 81.0 Å². The smallest absolute Gasteiger partial charge is 0.181 e. The third-order valence-electron chi connectivity index (χ3n) is 5.49. The molecule has 8 nitrogen and oxygen atoms in total. The van der Waals surface area contributed by atoms with Crippen molar-refractivity contribution in [1.29, 1.82) is 0 Å². The summed E-state index contributed by atoms with van der Waals surface area (Å²) < 4.78 is 15.4. The molecule has 1 aliphatic rings. The van der Waals surface area contributed by atoms with Gasteiger partial charge in [0.1, 0.15) is 23.5 Å². The van der Waals surface area contributed by atoms with E-state index in [1.54, 1.807) is 25.5 Å². The monoisotopic (exact) mass is 487 g/mol. The van der Waals surface area contributed by atoms with E-state index in [2.05, 4.69) is 25.2 Å². The molecule has 1 saturated heterocycles. The number of aromatic nitrogens is 5. The largest absolute Gasteiger partial charge is 0.404 e. The Hall–Kier alpha value is -3.01. The van der Waals surface area contributed by atoms with Crippen LogP contribution in [0.3, 0.4) is 0 Å². The number of anilines is 1. The van der Waals surface area contributed by atoms with Crippen LogP contribution in [0.5, 0.6) is 0 Å². The molecule has 0 spiro atoms. The minimum atomic E-state index is -0.641. The number of benzene rings is 1. The second-order valence-corrected chi connectivity index (χ2v) is 8.43. The third kappa shape index (κ3) is 4.31. The van der Waals surface area contributed by atoms with Gasteiger partial charge >= 0.3 is 0 Å². The van der Waals surface area contributed by atoms with E-state index in [4.69, 9.17) is 33.0 Å². The van der Waals surface area contributed by atoms with E-state index in [0.717, 1.165) is 37.6 Å². The lowest BCUT2D eigenvalue weighted by molar-refractivity contribution is 0.0550. The number of pyridine rings is 1. The van der Waals surface area contributed by atoms with Gasteiger partial charge in [-0.3, -0.25) is 4.98 Å². The molecule has 1 N–H and O–H groups in total. The standard InChI is InChI=1S/C22H20Cl2FN7O/c1-13(20-15(23)2-3-16(25)21(20)24)33-32-12-29-22-18(32)8-14(9-28-22)17-10-27-11-19(30-17)31-6-4-26-5-7-31/h2-3,8-13,26H,4-7H2,1H3. The Bertz CT molecular complexity index is 1310. The lowest BCUT2D eigenvalue weighted by Crippen LogP contribution is -2.43. The first-order valence-electron chi connectivity index (χ1n) is 10.4. The Balaban J connectivity index is 1.46. The van der Waals surface area contributed by atoms with Gasteiger partial charge in [-0.05, 0) is 25.1 Å². The summed E-state index contributed by atoms with van der Waals surface area (Å²) in [5, 5.41) is 3.58. The molecule has 11 heteroatoms. The third-order valence-corrected chi connectivity index (χ3v) is 6.20. The highest BCUT2D eigenvalue weighted by atomic mass is 35.5. The molecule has 0 bridgehead atoms. The van der Waals surface area contributed by atoms with Crippen molar-refractivity contribution in [1.82, 2.24) is 30.0 Å². The van der Waals surface area contributed by atoms with Gasteiger partial charge in [-0.2, -0.15) is 4.73 Å². The van der Waals surface area contributed by atoms with Crippen molar-refractivity contribution in [3.63, 3.8) is 0 Å². The minimum Gasteiger partial charge on any atom is -0.404 e. The number of piperazine rings is 1. The maximum Gasteiger partial charge on any atom is 0.181 e. The number of nitrogens with zero attached hydrogens (tertiary/aromatic N) is 6. The first-order valence-corrected chi connectivity index (χ1v) is 11.2. The molecule has 1 aliphatic heterocycles. The fourth-order valence-electron chi connectivity index (χ4n) is 3.78. The Kier molecular flexibility index (Phi) is 6.01. The number of halogens is 3. The maximum atomic E-state index is 14.0. The van der Waals surface area contributed by atoms with Crippen LogP contribution >= 0.6 is 23.2 Å². The van der Waals surface area contributed by atoms with Gasteiger partial charge in [-0.1, -0.05) is 23.2 Å². The van der Waals surface area contributed by atoms with Crippen LogP contribution in [0.15, 0.2) is 43.1 Å². The van der Waals surface area contributed by atoms with Gasteiger partial charge in [0.15, 0.2) is 11.8 Å². The first kappa shape index (κ1) is 21.8. The number of fused-ring (bicyclic) bond motifs is 1. The van der Waals surface area contributed by atoms with E-state index in [1.807, 2.05) is 6.07 Å². The summed E-state index contributed by atoms with van der Waals surface area (Å²) in [6.45, 7) is 5.30. The zero-order valence-corrected chi connectivity index (χ0v) is 19.2. The molecule has 4 aromatic rings. The second-order valence-electron chi connectivity index (χ2n) is 7.64. The highest BCUT2D eigenvalue weighted by Gasteiger charge is 2.20. The van der Waals surface area contributed by atoms with Crippen LogP contribution < -0.4 is 15.1 Å². The van der Waals surface area contributed by atoms with Gasteiger partial charge in [-0.25, -0.2) is 19.3 Å². The van der Waals surface area contributed by atoms with Crippen LogP contribution in [0, 0.1) is 5.82 Å². The number of rotatable bonds is 5. The highest BCUT2D eigenvalue weighted by Crippen LogP contribution is 2.33. The first-order chi connectivity index (χ1) is 16.0. The van der Waals surface area contributed by atoms with Crippen molar-refractivity contribution < 1.29 is 9.23 Å². The lowest BCUT2D eigenvalue weighted by atomic mass is 10.1. The normalized spacial score (nSPS) is 15.1. The van der Waals surface area contributed by atoms with Gasteiger partial charge in [0.25, 0.3) is 0 Å². The number of hydrogen-bond donors (Lipinski definition) is 1. The van der Waals surface area contributed by atoms with Gasteiger partial charge in [0.05, 0.1) is 23.1 Å². The van der Waals surface area contributed by atoms with E-state index >= 15 is 0 Å². The number of hydrogen-bond acceptors (Lipinski definition) is 7. The maximum absolute atomic E-state index is 14.0. The number of nitrogens with one attached hydrogen (secondary N) is 1. The zero-order chi connectivity index (χ0) is 22.9. The van der Waals surface area contributed by atoms with Gasteiger partial charge < -0.3 is 15.1 Å². The number of imidazole rings is 1. The Morgan fingerprint density at radius 3 is 2.76 bits per heavy atom. The molecule has 3 aromatic heterocycles. The van der Waals surface area contributed by atoms with Crippen molar-refractivity contribution in [2.24, 2.45) is 0 Å². The molecule has 5 rings (SSSR count). The highest BCUT2D eigenvalue weighted by molar-refractivity contribution is 6.36. The quantitative estimate of drug-likeness (QED) is 0.427. The van der Waals surface area contributed by atoms with Crippen LogP contribution in [-0.4, -0.2) is 50.8 Å². The minimum absolute atomic E-state index is 0.0711. The molecule has 4 heterocycles. The van der Waals surface area contributed by atoms with Crippen molar-refractivity contribution >= 4 is 40.2 Å². The molecule has 0 aliphatic carbocycles. The predicted octanol–water partition coefficient (Wildman–Crippen LogP) is 3.93. The molecule has 170 valence electrons. The molecule has 0 radical (unpaired) electrons. The molecule has 0 amide bonds. The summed E-state index contributed by atoms with van der Waals surface area (Å²) in [4.78, 5) is 26.1. The summed E-state index contributed by atoms with van der Waals surface area (Å²) >= 11 is 12.4. The van der Waals surface area contributed by atoms with Crippen molar-refractivity contribution in [3.05, 3.63) is 64.5 Å². The summed E-state index contributed by atoms with van der Waals surface area (Å²) in [6.07, 6.45) is 6.03.